The van der Waals surface area contributed by atoms with E-state index < -0.39 is 0 Å². The van der Waals surface area contributed by atoms with Gasteiger partial charge in [-0.25, -0.2) is 4.98 Å². The number of hydrogen-bond donors (Lipinski definition) is 1. The van der Waals surface area contributed by atoms with Crippen LogP contribution in [-0.4, -0.2) is 65.0 Å². The summed E-state index contributed by atoms with van der Waals surface area (Å²) in [7, 11) is 4.20. The normalized spacial score (nSPS) is 16.5. The lowest BCUT2D eigenvalue weighted by atomic mass is 10.0. The third-order valence-electron chi connectivity index (χ3n) is 4.35. The Kier molecular flexibility index (Phi) is 6.23. The van der Waals surface area contributed by atoms with Gasteiger partial charge in [0, 0.05) is 45.1 Å². The van der Waals surface area contributed by atoms with E-state index in [2.05, 4.69) is 24.0 Å². The Morgan fingerprint density at radius 2 is 2.14 bits per heavy atom. The Hall–Kier alpha value is -1.11. The van der Waals surface area contributed by atoms with Crippen molar-refractivity contribution >= 4 is 17.5 Å². The zero-order valence-electron chi connectivity index (χ0n) is 13.5. The molecular formula is C15H26ClN5O. The van der Waals surface area contributed by atoms with E-state index in [0.29, 0.717) is 37.1 Å². The largest absolute Gasteiger partial charge is 0.343 e. The predicted octanol–water partition coefficient (Wildman–Crippen LogP) is 0.980. The standard InChI is InChI=1S/C15H26ClN5O/c1-19(2)12-5-8-20(9-6-12)15(22)4-3-14-18-11-13(16)21(14)10-7-17/h11-12H,3-10,17H2,1-2H3. The first-order valence-electron chi connectivity index (χ1n) is 7.87. The molecule has 0 atom stereocenters. The van der Waals surface area contributed by atoms with E-state index in [1.807, 2.05) is 9.47 Å². The topological polar surface area (TPSA) is 67.4 Å². The summed E-state index contributed by atoms with van der Waals surface area (Å²) in [6.45, 7) is 2.84. The molecule has 0 spiro atoms. The fourth-order valence-corrected chi connectivity index (χ4v) is 3.19. The second-order valence-electron chi connectivity index (χ2n) is 6.01. The van der Waals surface area contributed by atoms with Crippen molar-refractivity contribution in [3.63, 3.8) is 0 Å². The van der Waals surface area contributed by atoms with Crippen molar-refractivity contribution in [1.29, 1.82) is 0 Å². The Balaban J connectivity index is 1.83. The van der Waals surface area contributed by atoms with Crippen molar-refractivity contribution in [2.45, 2.75) is 38.3 Å². The summed E-state index contributed by atoms with van der Waals surface area (Å²) in [5.74, 6) is 1.04. The van der Waals surface area contributed by atoms with E-state index in [1.165, 1.54) is 0 Å². The molecule has 2 rings (SSSR count). The molecule has 0 aromatic carbocycles. The summed E-state index contributed by atoms with van der Waals surface area (Å²) in [5.41, 5.74) is 5.58. The van der Waals surface area contributed by atoms with Gasteiger partial charge < -0.3 is 20.1 Å². The van der Waals surface area contributed by atoms with Crippen LogP contribution in [0.1, 0.15) is 25.1 Å². The Morgan fingerprint density at radius 1 is 1.45 bits per heavy atom. The van der Waals surface area contributed by atoms with Gasteiger partial charge in [-0.2, -0.15) is 0 Å². The molecule has 7 heteroatoms. The third kappa shape index (κ3) is 4.21. The minimum absolute atomic E-state index is 0.204. The van der Waals surface area contributed by atoms with Gasteiger partial charge in [-0.3, -0.25) is 4.79 Å². The molecule has 2 heterocycles. The summed E-state index contributed by atoms with van der Waals surface area (Å²) >= 11 is 6.08. The van der Waals surface area contributed by atoms with Crippen LogP contribution in [0.25, 0.3) is 0 Å². The van der Waals surface area contributed by atoms with Crippen LogP contribution in [0.4, 0.5) is 0 Å². The number of carbonyl (C=O) groups excluding carboxylic acids is 1. The molecule has 1 aromatic rings. The first-order chi connectivity index (χ1) is 10.5. The van der Waals surface area contributed by atoms with Gasteiger partial charge in [0.15, 0.2) is 0 Å². The maximum Gasteiger partial charge on any atom is 0.223 e. The van der Waals surface area contributed by atoms with Crippen LogP contribution in [-0.2, 0) is 17.8 Å². The number of carbonyl (C=O) groups is 1. The van der Waals surface area contributed by atoms with Gasteiger partial charge in [0.25, 0.3) is 0 Å². The summed E-state index contributed by atoms with van der Waals surface area (Å²) in [5, 5.41) is 0.583. The van der Waals surface area contributed by atoms with Crippen LogP contribution in [0.3, 0.4) is 0 Å². The van der Waals surface area contributed by atoms with E-state index in [0.717, 1.165) is 31.8 Å². The lowest BCUT2D eigenvalue weighted by molar-refractivity contribution is -0.132. The van der Waals surface area contributed by atoms with Crippen LogP contribution in [0, 0.1) is 0 Å². The van der Waals surface area contributed by atoms with E-state index in [9.17, 15) is 4.79 Å². The highest BCUT2D eigenvalue weighted by molar-refractivity contribution is 6.29. The molecule has 1 fully saturated rings. The fourth-order valence-electron chi connectivity index (χ4n) is 2.96. The zero-order valence-corrected chi connectivity index (χ0v) is 14.2. The highest BCUT2D eigenvalue weighted by atomic mass is 35.5. The number of imidazole rings is 1. The van der Waals surface area contributed by atoms with Crippen LogP contribution in [0.5, 0.6) is 0 Å². The van der Waals surface area contributed by atoms with E-state index >= 15 is 0 Å². The van der Waals surface area contributed by atoms with Gasteiger partial charge in [-0.15, -0.1) is 0 Å². The number of hydrogen-bond acceptors (Lipinski definition) is 4. The van der Waals surface area contributed by atoms with Crippen molar-refractivity contribution in [1.82, 2.24) is 19.4 Å². The first kappa shape index (κ1) is 17.2. The number of amides is 1. The molecule has 0 radical (unpaired) electrons. The molecule has 0 bridgehead atoms. The molecule has 1 saturated heterocycles. The summed E-state index contributed by atoms with van der Waals surface area (Å²) in [4.78, 5) is 20.8. The lowest BCUT2D eigenvalue weighted by Crippen LogP contribution is -2.44. The molecule has 22 heavy (non-hydrogen) atoms. The third-order valence-corrected chi connectivity index (χ3v) is 4.65. The van der Waals surface area contributed by atoms with Crippen molar-refractivity contribution in [2.75, 3.05) is 33.7 Å². The summed E-state index contributed by atoms with van der Waals surface area (Å²) in [6.07, 6.45) is 4.81. The minimum Gasteiger partial charge on any atom is -0.343 e. The van der Waals surface area contributed by atoms with E-state index in [4.69, 9.17) is 17.3 Å². The van der Waals surface area contributed by atoms with E-state index in [1.54, 1.807) is 6.20 Å². The molecule has 0 aliphatic carbocycles. The maximum absolute atomic E-state index is 12.3. The maximum atomic E-state index is 12.3. The van der Waals surface area contributed by atoms with Gasteiger partial charge in [0.1, 0.15) is 11.0 Å². The molecule has 1 amide bonds. The molecule has 124 valence electrons. The number of nitrogens with two attached hydrogens (primary N) is 1. The number of piperidine rings is 1. The molecule has 1 aromatic heterocycles. The Morgan fingerprint density at radius 3 is 2.73 bits per heavy atom. The second kappa shape index (κ2) is 7.94. The molecule has 1 aliphatic heterocycles. The number of halogens is 1. The van der Waals surface area contributed by atoms with Crippen molar-refractivity contribution < 1.29 is 4.79 Å². The van der Waals surface area contributed by atoms with Gasteiger partial charge >= 0.3 is 0 Å². The highest BCUT2D eigenvalue weighted by Gasteiger charge is 2.23. The van der Waals surface area contributed by atoms with Gasteiger partial charge in [0.2, 0.25) is 5.91 Å². The number of aromatic nitrogens is 2. The summed E-state index contributed by atoms with van der Waals surface area (Å²) in [6, 6.07) is 0.589. The number of nitrogens with zero attached hydrogens (tertiary/aromatic N) is 4. The fraction of sp³-hybridized carbons (Fsp3) is 0.733. The van der Waals surface area contributed by atoms with Crippen molar-refractivity contribution in [3.05, 3.63) is 17.2 Å². The quantitative estimate of drug-likeness (QED) is 0.845. The average molecular weight is 328 g/mol. The van der Waals surface area contributed by atoms with Crippen LogP contribution >= 0.6 is 11.6 Å². The first-order valence-corrected chi connectivity index (χ1v) is 8.25. The highest BCUT2D eigenvalue weighted by Crippen LogP contribution is 2.17. The number of aryl methyl sites for hydroxylation is 1. The smallest absolute Gasteiger partial charge is 0.223 e. The Bertz CT molecular complexity index is 494. The van der Waals surface area contributed by atoms with Gasteiger partial charge in [-0.1, -0.05) is 11.6 Å². The molecule has 6 nitrogen and oxygen atoms in total. The zero-order chi connectivity index (χ0) is 16.1. The van der Waals surface area contributed by atoms with Crippen molar-refractivity contribution in [3.8, 4) is 0 Å². The predicted molar refractivity (Wildman–Crippen MR) is 87.9 cm³/mol. The molecular weight excluding hydrogens is 302 g/mol. The molecule has 2 N–H and O–H groups in total. The lowest BCUT2D eigenvalue weighted by Gasteiger charge is -2.35. The van der Waals surface area contributed by atoms with Gasteiger partial charge in [0.05, 0.1) is 6.20 Å². The van der Waals surface area contributed by atoms with Crippen LogP contribution in [0.15, 0.2) is 6.20 Å². The Labute approximate surface area is 137 Å². The second-order valence-corrected chi connectivity index (χ2v) is 6.40. The number of likely N-dealkylation sites (tertiary alicyclic amines) is 1. The molecule has 1 aliphatic rings. The summed E-state index contributed by atoms with van der Waals surface area (Å²) < 4.78 is 1.88. The van der Waals surface area contributed by atoms with E-state index in [-0.39, 0.29) is 5.91 Å². The number of rotatable bonds is 6. The minimum atomic E-state index is 0.204. The van der Waals surface area contributed by atoms with Crippen LogP contribution < -0.4 is 5.73 Å². The SMILES string of the molecule is CN(C)C1CCN(C(=O)CCc2ncc(Cl)n2CCN)CC1. The monoisotopic (exact) mass is 327 g/mol. The average Bonchev–Trinajstić information content (AvgIpc) is 2.86. The van der Waals surface area contributed by atoms with Crippen molar-refractivity contribution in [2.24, 2.45) is 5.73 Å². The molecule has 0 saturated carbocycles. The van der Waals surface area contributed by atoms with Gasteiger partial charge in [-0.05, 0) is 26.9 Å². The van der Waals surface area contributed by atoms with Crippen LogP contribution in [0.2, 0.25) is 5.15 Å². The molecule has 0 unspecified atom stereocenters.